The molecule has 0 aliphatic heterocycles. The number of esters is 2. The number of carbonyl (C=O) groups is 2. The summed E-state index contributed by atoms with van der Waals surface area (Å²) < 4.78 is 44.6. The molecular weight excluding hydrogens is 407 g/mol. The summed E-state index contributed by atoms with van der Waals surface area (Å²) in [6.45, 7) is 8.26. The monoisotopic (exact) mass is 444 g/mol. The maximum atomic E-state index is 12.1. The maximum absolute atomic E-state index is 12.1. The van der Waals surface area contributed by atoms with Crippen molar-refractivity contribution in [3.8, 4) is 0 Å². The van der Waals surface area contributed by atoms with Gasteiger partial charge in [0.2, 0.25) is 0 Å². The van der Waals surface area contributed by atoms with Gasteiger partial charge in [0.25, 0.3) is 0 Å². The minimum absolute atomic E-state index is 0. The van der Waals surface area contributed by atoms with Gasteiger partial charge in [-0.15, -0.1) is 0 Å². The number of hydrogen-bond donors (Lipinski definition) is 0. The number of unbranched alkanes of at least 4 members (excludes halogenated alkanes) is 2. The SMILES string of the molecule is CCCC[C@@H](CC)COC(=O)CC(C(=O)OC[C@@H](CC)CCCC)S(=O)(=O)[O-].[Na+]. The van der Waals surface area contributed by atoms with E-state index in [1.165, 1.54) is 0 Å². The van der Waals surface area contributed by atoms with Crippen molar-refractivity contribution in [2.24, 2.45) is 11.8 Å². The first-order valence-corrected chi connectivity index (χ1v) is 11.9. The molecule has 1 unspecified atom stereocenters. The van der Waals surface area contributed by atoms with Crippen LogP contribution in [0.1, 0.15) is 85.5 Å². The number of carbonyl (C=O) groups excluding carboxylic acids is 2. The molecule has 0 aromatic carbocycles. The number of hydrogen-bond acceptors (Lipinski definition) is 7. The van der Waals surface area contributed by atoms with Gasteiger partial charge in [0, 0.05) is 0 Å². The Hall–Kier alpha value is -0.150. The van der Waals surface area contributed by atoms with Gasteiger partial charge in [-0.05, 0) is 24.7 Å². The Balaban J connectivity index is 0. The Bertz CT molecular complexity index is 551. The largest absolute Gasteiger partial charge is 1.00 e. The van der Waals surface area contributed by atoms with Gasteiger partial charge in [0.05, 0.1) is 19.6 Å². The van der Waals surface area contributed by atoms with Gasteiger partial charge in [0.1, 0.15) is 10.1 Å². The van der Waals surface area contributed by atoms with Crippen molar-refractivity contribution in [2.45, 2.75) is 90.7 Å². The molecule has 0 bridgehead atoms. The van der Waals surface area contributed by atoms with Crippen molar-refractivity contribution in [2.75, 3.05) is 13.2 Å². The van der Waals surface area contributed by atoms with E-state index in [0.29, 0.717) is 0 Å². The zero-order valence-electron chi connectivity index (χ0n) is 18.8. The van der Waals surface area contributed by atoms with Gasteiger partial charge < -0.3 is 14.0 Å². The molecule has 0 saturated heterocycles. The smallest absolute Gasteiger partial charge is 0.747 e. The fourth-order valence-electron chi connectivity index (χ4n) is 2.81. The summed E-state index contributed by atoms with van der Waals surface area (Å²) in [6, 6.07) is 0. The first-order chi connectivity index (χ1) is 13.2. The van der Waals surface area contributed by atoms with Crippen LogP contribution in [0.5, 0.6) is 0 Å². The quantitative estimate of drug-likeness (QED) is 0.197. The van der Waals surface area contributed by atoms with Crippen LogP contribution in [-0.2, 0) is 29.2 Å². The average Bonchev–Trinajstić information content (AvgIpc) is 2.65. The molecular formula is C20H37NaO7S. The van der Waals surface area contributed by atoms with Crippen molar-refractivity contribution >= 4 is 22.1 Å². The first kappa shape index (κ1) is 31.0. The van der Waals surface area contributed by atoms with Crippen LogP contribution >= 0.6 is 0 Å². The van der Waals surface area contributed by atoms with Gasteiger partial charge in [0.15, 0.2) is 5.25 Å². The predicted molar refractivity (Wildman–Crippen MR) is 107 cm³/mol. The molecule has 0 amide bonds. The fraction of sp³-hybridized carbons (Fsp3) is 0.900. The molecule has 0 aliphatic rings. The Kier molecular flexibility index (Phi) is 18.8. The van der Waals surface area contributed by atoms with E-state index in [9.17, 15) is 22.6 Å². The second-order valence-corrected chi connectivity index (χ2v) is 8.89. The molecule has 0 aromatic heterocycles. The van der Waals surface area contributed by atoms with Crippen molar-refractivity contribution in [1.29, 1.82) is 0 Å². The van der Waals surface area contributed by atoms with Crippen molar-refractivity contribution in [3.63, 3.8) is 0 Å². The van der Waals surface area contributed by atoms with Gasteiger partial charge in [-0.25, -0.2) is 8.42 Å². The number of rotatable bonds is 16. The number of ether oxygens (including phenoxy) is 2. The van der Waals surface area contributed by atoms with E-state index in [1.807, 2.05) is 13.8 Å². The molecule has 0 rings (SSSR count). The normalized spacial score (nSPS) is 14.4. The van der Waals surface area contributed by atoms with Crippen LogP contribution in [0, 0.1) is 11.8 Å². The molecule has 0 N–H and O–H groups in total. The summed E-state index contributed by atoms with van der Waals surface area (Å²) in [6.07, 6.45) is 6.58. The molecule has 0 heterocycles. The maximum Gasteiger partial charge on any atom is 1.00 e. The summed E-state index contributed by atoms with van der Waals surface area (Å²) in [5.74, 6) is -1.74. The molecule has 7 nitrogen and oxygen atoms in total. The van der Waals surface area contributed by atoms with Crippen LogP contribution in [0.25, 0.3) is 0 Å². The van der Waals surface area contributed by atoms with E-state index in [1.54, 1.807) is 0 Å². The molecule has 166 valence electrons. The zero-order valence-corrected chi connectivity index (χ0v) is 21.6. The Morgan fingerprint density at radius 1 is 0.862 bits per heavy atom. The summed E-state index contributed by atoms with van der Waals surface area (Å²) in [4.78, 5) is 24.1. The van der Waals surface area contributed by atoms with Crippen molar-refractivity contribution in [1.82, 2.24) is 0 Å². The Morgan fingerprint density at radius 3 is 1.69 bits per heavy atom. The molecule has 0 saturated carbocycles. The van der Waals surface area contributed by atoms with Crippen molar-refractivity contribution in [3.05, 3.63) is 0 Å². The van der Waals surface area contributed by atoms with Crippen molar-refractivity contribution < 1.29 is 61.6 Å². The third-order valence-corrected chi connectivity index (χ3v) is 6.05. The summed E-state index contributed by atoms with van der Waals surface area (Å²) >= 11 is 0. The second kappa shape index (κ2) is 17.5. The third kappa shape index (κ3) is 14.5. The molecule has 0 fully saturated rings. The molecule has 0 aliphatic carbocycles. The standard InChI is InChI=1S/C20H38O7S.Na/c1-5-9-11-16(7-3)14-26-19(21)13-18(28(23,24)25)20(22)27-15-17(8-4)12-10-6-2;/h16-18H,5-15H2,1-4H3,(H,23,24,25);/q;+1/p-1/t16-,17+,18?;/m1./s1. The van der Waals surface area contributed by atoms with Gasteiger partial charge in [-0.2, -0.15) is 0 Å². The fourth-order valence-corrected chi connectivity index (χ4v) is 3.46. The van der Waals surface area contributed by atoms with Crippen LogP contribution in [0.3, 0.4) is 0 Å². The average molecular weight is 445 g/mol. The minimum Gasteiger partial charge on any atom is -0.747 e. The Morgan fingerprint density at radius 2 is 1.31 bits per heavy atom. The summed E-state index contributed by atoms with van der Waals surface area (Å²) in [5, 5.41) is -2.06. The molecule has 0 spiro atoms. The summed E-state index contributed by atoms with van der Waals surface area (Å²) in [7, 11) is -5.01. The van der Waals surface area contributed by atoms with Crippen LogP contribution in [0.15, 0.2) is 0 Å². The minimum atomic E-state index is -5.01. The van der Waals surface area contributed by atoms with Crippen LogP contribution in [0.4, 0.5) is 0 Å². The second-order valence-electron chi connectivity index (χ2n) is 7.33. The topological polar surface area (TPSA) is 110 Å². The van der Waals surface area contributed by atoms with E-state index in [2.05, 4.69) is 13.8 Å². The predicted octanol–water partition coefficient (Wildman–Crippen LogP) is 0.814. The van der Waals surface area contributed by atoms with Crippen LogP contribution in [0.2, 0.25) is 0 Å². The van der Waals surface area contributed by atoms with Crippen LogP contribution < -0.4 is 29.6 Å². The molecule has 3 atom stereocenters. The van der Waals surface area contributed by atoms with E-state index in [0.717, 1.165) is 51.4 Å². The molecule has 0 aromatic rings. The zero-order chi connectivity index (χ0) is 21.6. The van der Waals surface area contributed by atoms with E-state index < -0.39 is 33.7 Å². The molecule has 9 heteroatoms. The molecule has 0 radical (unpaired) electrons. The summed E-state index contributed by atoms with van der Waals surface area (Å²) in [5.41, 5.74) is 0. The molecule has 29 heavy (non-hydrogen) atoms. The van der Waals surface area contributed by atoms with E-state index in [-0.39, 0.29) is 54.6 Å². The van der Waals surface area contributed by atoms with E-state index >= 15 is 0 Å². The third-order valence-electron chi connectivity index (χ3n) is 4.99. The Labute approximate surface area is 198 Å². The first-order valence-electron chi connectivity index (χ1n) is 10.5. The van der Waals surface area contributed by atoms with Gasteiger partial charge in [-0.3, -0.25) is 9.59 Å². The van der Waals surface area contributed by atoms with E-state index in [4.69, 9.17) is 9.47 Å². The van der Waals surface area contributed by atoms with Crippen LogP contribution in [-0.4, -0.2) is 43.4 Å². The van der Waals surface area contributed by atoms with Gasteiger partial charge >= 0.3 is 41.5 Å². The van der Waals surface area contributed by atoms with Gasteiger partial charge in [-0.1, -0.05) is 66.2 Å².